The quantitative estimate of drug-likeness (QED) is 0.843. The van der Waals surface area contributed by atoms with Crippen molar-refractivity contribution in [1.82, 2.24) is 0 Å². The van der Waals surface area contributed by atoms with Crippen LogP contribution in [0.1, 0.15) is 22.3 Å². The first-order valence-corrected chi connectivity index (χ1v) is 6.61. The molecule has 2 heteroatoms. The molecule has 0 fully saturated rings. The normalized spacial score (nSPS) is 10.5. The first-order valence-electron chi connectivity index (χ1n) is 6.61. The van der Waals surface area contributed by atoms with Crippen LogP contribution in [-0.2, 0) is 6.54 Å². The van der Waals surface area contributed by atoms with Gasteiger partial charge in [0.05, 0.1) is 11.4 Å². The van der Waals surface area contributed by atoms with Crippen molar-refractivity contribution in [2.45, 2.75) is 27.3 Å². The van der Waals surface area contributed by atoms with Gasteiger partial charge in [-0.25, -0.2) is 0 Å². The van der Waals surface area contributed by atoms with Gasteiger partial charge in [-0.2, -0.15) is 0 Å². The van der Waals surface area contributed by atoms with E-state index in [0.717, 1.165) is 17.9 Å². The molecule has 0 amide bonds. The molecule has 0 bridgehead atoms. The van der Waals surface area contributed by atoms with Crippen LogP contribution in [0.2, 0.25) is 0 Å². The minimum atomic E-state index is 0.825. The van der Waals surface area contributed by atoms with Crippen molar-refractivity contribution in [3.8, 4) is 0 Å². The molecule has 0 radical (unpaired) electrons. The Bertz CT molecular complexity index is 588. The van der Waals surface area contributed by atoms with Crippen LogP contribution in [0.15, 0.2) is 36.4 Å². The minimum absolute atomic E-state index is 0.825. The van der Waals surface area contributed by atoms with E-state index in [9.17, 15) is 0 Å². The number of para-hydroxylation sites is 2. The number of anilines is 2. The molecule has 0 saturated heterocycles. The summed E-state index contributed by atoms with van der Waals surface area (Å²) < 4.78 is 0. The fraction of sp³-hybridized carbons (Fsp3) is 0.294. The van der Waals surface area contributed by atoms with Crippen molar-refractivity contribution in [2.24, 2.45) is 0 Å². The highest BCUT2D eigenvalue weighted by Crippen LogP contribution is 2.24. The van der Waals surface area contributed by atoms with Crippen molar-refractivity contribution in [3.63, 3.8) is 0 Å². The van der Waals surface area contributed by atoms with Gasteiger partial charge in [0.1, 0.15) is 0 Å². The predicted molar refractivity (Wildman–Crippen MR) is 83.6 cm³/mol. The third kappa shape index (κ3) is 2.90. The van der Waals surface area contributed by atoms with E-state index in [1.807, 2.05) is 18.2 Å². The Labute approximate surface area is 115 Å². The number of nitrogens with zero attached hydrogens (tertiary/aromatic N) is 1. The van der Waals surface area contributed by atoms with E-state index in [-0.39, 0.29) is 0 Å². The maximum absolute atomic E-state index is 6.03. The summed E-state index contributed by atoms with van der Waals surface area (Å²) in [5.41, 5.74) is 13.3. The fourth-order valence-corrected chi connectivity index (χ4v) is 2.37. The summed E-state index contributed by atoms with van der Waals surface area (Å²) in [6, 6.07) is 12.5. The summed E-state index contributed by atoms with van der Waals surface area (Å²) in [5, 5.41) is 0. The highest BCUT2D eigenvalue weighted by atomic mass is 15.1. The Morgan fingerprint density at radius 3 is 2.26 bits per heavy atom. The zero-order chi connectivity index (χ0) is 14.0. The van der Waals surface area contributed by atoms with E-state index in [1.165, 1.54) is 22.3 Å². The molecule has 2 aromatic rings. The molecule has 2 N–H and O–H groups in total. The van der Waals surface area contributed by atoms with Crippen molar-refractivity contribution in [3.05, 3.63) is 58.7 Å². The van der Waals surface area contributed by atoms with E-state index < -0.39 is 0 Å². The number of hydrogen-bond donors (Lipinski definition) is 1. The van der Waals surface area contributed by atoms with Crippen LogP contribution in [0, 0.1) is 20.8 Å². The Balaban J connectivity index is 2.27. The molecular formula is C17H22N2. The molecule has 100 valence electrons. The van der Waals surface area contributed by atoms with Crippen LogP contribution in [0.5, 0.6) is 0 Å². The molecule has 2 nitrogen and oxygen atoms in total. The first-order chi connectivity index (χ1) is 8.99. The van der Waals surface area contributed by atoms with Crippen molar-refractivity contribution in [2.75, 3.05) is 17.7 Å². The number of nitrogen functional groups attached to an aromatic ring is 1. The average molecular weight is 254 g/mol. The molecule has 0 aliphatic rings. The molecule has 0 atom stereocenters. The van der Waals surface area contributed by atoms with E-state index >= 15 is 0 Å². The number of benzene rings is 2. The van der Waals surface area contributed by atoms with Gasteiger partial charge in [0.25, 0.3) is 0 Å². The van der Waals surface area contributed by atoms with Gasteiger partial charge >= 0.3 is 0 Å². The molecule has 0 aliphatic carbocycles. The summed E-state index contributed by atoms with van der Waals surface area (Å²) >= 11 is 0. The van der Waals surface area contributed by atoms with Gasteiger partial charge < -0.3 is 10.6 Å². The SMILES string of the molecule is Cc1cc(C)c(CN(C)c2ccccc2N)cc1C. The van der Waals surface area contributed by atoms with Gasteiger partial charge in [-0.05, 0) is 55.2 Å². The van der Waals surface area contributed by atoms with Crippen molar-refractivity contribution < 1.29 is 0 Å². The topological polar surface area (TPSA) is 29.3 Å². The third-order valence-corrected chi connectivity index (χ3v) is 3.71. The molecule has 0 saturated carbocycles. The molecule has 0 heterocycles. The number of aryl methyl sites for hydroxylation is 3. The molecule has 0 aliphatic heterocycles. The number of hydrogen-bond acceptors (Lipinski definition) is 2. The molecule has 2 aromatic carbocycles. The maximum Gasteiger partial charge on any atom is 0.0600 e. The third-order valence-electron chi connectivity index (χ3n) is 3.71. The first kappa shape index (κ1) is 13.5. The van der Waals surface area contributed by atoms with Gasteiger partial charge in [-0.3, -0.25) is 0 Å². The zero-order valence-corrected chi connectivity index (χ0v) is 12.2. The highest BCUT2D eigenvalue weighted by molar-refractivity contribution is 5.67. The van der Waals surface area contributed by atoms with E-state index in [1.54, 1.807) is 0 Å². The molecule has 0 unspecified atom stereocenters. The maximum atomic E-state index is 6.03. The van der Waals surface area contributed by atoms with Gasteiger partial charge in [-0.1, -0.05) is 24.3 Å². The lowest BCUT2D eigenvalue weighted by molar-refractivity contribution is 0.912. The lowest BCUT2D eigenvalue weighted by atomic mass is 10.0. The monoisotopic (exact) mass is 254 g/mol. The minimum Gasteiger partial charge on any atom is -0.397 e. The predicted octanol–water partition coefficient (Wildman–Crippen LogP) is 3.83. The zero-order valence-electron chi connectivity index (χ0n) is 12.2. The van der Waals surface area contributed by atoms with Gasteiger partial charge in [0.2, 0.25) is 0 Å². The molecule has 2 rings (SSSR count). The van der Waals surface area contributed by atoms with Gasteiger partial charge in [0.15, 0.2) is 0 Å². The second-order valence-electron chi connectivity index (χ2n) is 5.28. The summed E-state index contributed by atoms with van der Waals surface area (Å²) in [6.07, 6.45) is 0. The van der Waals surface area contributed by atoms with E-state index in [0.29, 0.717) is 0 Å². The average Bonchev–Trinajstić information content (AvgIpc) is 2.36. The van der Waals surface area contributed by atoms with Crippen molar-refractivity contribution in [1.29, 1.82) is 0 Å². The molecule has 0 spiro atoms. The summed E-state index contributed by atoms with van der Waals surface area (Å²) in [5.74, 6) is 0. The van der Waals surface area contributed by atoms with Crippen molar-refractivity contribution >= 4 is 11.4 Å². The fourth-order valence-electron chi connectivity index (χ4n) is 2.37. The van der Waals surface area contributed by atoms with Crippen LogP contribution in [0.25, 0.3) is 0 Å². The Morgan fingerprint density at radius 1 is 0.947 bits per heavy atom. The molecule has 0 aromatic heterocycles. The summed E-state index contributed by atoms with van der Waals surface area (Å²) in [7, 11) is 2.08. The number of nitrogens with two attached hydrogens (primary N) is 1. The molecular weight excluding hydrogens is 232 g/mol. The summed E-state index contributed by atoms with van der Waals surface area (Å²) in [6.45, 7) is 7.37. The van der Waals surface area contributed by atoms with Crippen LogP contribution in [-0.4, -0.2) is 7.05 Å². The van der Waals surface area contributed by atoms with Crippen LogP contribution >= 0.6 is 0 Å². The second kappa shape index (κ2) is 5.35. The smallest absolute Gasteiger partial charge is 0.0600 e. The lowest BCUT2D eigenvalue weighted by Crippen LogP contribution is -2.18. The summed E-state index contributed by atoms with van der Waals surface area (Å²) in [4.78, 5) is 2.20. The van der Waals surface area contributed by atoms with Crippen LogP contribution < -0.4 is 10.6 Å². The van der Waals surface area contributed by atoms with Crippen LogP contribution in [0.3, 0.4) is 0 Å². The molecule has 19 heavy (non-hydrogen) atoms. The Morgan fingerprint density at radius 2 is 1.58 bits per heavy atom. The Hall–Kier alpha value is -1.96. The Kier molecular flexibility index (Phi) is 3.79. The highest BCUT2D eigenvalue weighted by Gasteiger charge is 2.08. The largest absolute Gasteiger partial charge is 0.397 e. The standard InChI is InChI=1S/C17H22N2/c1-12-9-14(3)15(10-13(12)2)11-19(4)17-8-6-5-7-16(17)18/h5-10H,11,18H2,1-4H3. The second-order valence-corrected chi connectivity index (χ2v) is 5.28. The van der Waals surface area contributed by atoms with E-state index in [4.69, 9.17) is 5.73 Å². The number of rotatable bonds is 3. The lowest BCUT2D eigenvalue weighted by Gasteiger charge is -2.22. The van der Waals surface area contributed by atoms with Crippen LogP contribution in [0.4, 0.5) is 11.4 Å². The van der Waals surface area contributed by atoms with Gasteiger partial charge in [-0.15, -0.1) is 0 Å². The van der Waals surface area contributed by atoms with E-state index in [2.05, 4.69) is 50.9 Å². The van der Waals surface area contributed by atoms with Gasteiger partial charge in [0, 0.05) is 13.6 Å².